The van der Waals surface area contributed by atoms with Gasteiger partial charge in [0.2, 0.25) is 0 Å². The summed E-state index contributed by atoms with van der Waals surface area (Å²) in [5.41, 5.74) is -0.0569. The maximum absolute atomic E-state index is 13.3. The third-order valence-corrected chi connectivity index (χ3v) is 2.15. The third-order valence-electron chi connectivity index (χ3n) is 2.15. The number of ether oxygens (including phenoxy) is 1. The van der Waals surface area contributed by atoms with Gasteiger partial charge in [-0.15, -0.1) is 0 Å². The second-order valence-corrected chi connectivity index (χ2v) is 3.45. The molecule has 1 N–H and O–H groups in total. The van der Waals surface area contributed by atoms with Gasteiger partial charge < -0.3 is 10.1 Å². The monoisotopic (exact) mass is 247 g/mol. The molecule has 0 spiro atoms. The summed E-state index contributed by atoms with van der Waals surface area (Å²) in [6.45, 7) is 1.22. The molecule has 0 heterocycles. The van der Waals surface area contributed by atoms with Crippen molar-refractivity contribution < 1.29 is 22.7 Å². The lowest BCUT2D eigenvalue weighted by atomic mass is 10.2. The van der Waals surface area contributed by atoms with Gasteiger partial charge in [0.25, 0.3) is 6.43 Å². The highest BCUT2D eigenvalue weighted by atomic mass is 19.3. The van der Waals surface area contributed by atoms with Gasteiger partial charge in [-0.1, -0.05) is 0 Å². The van der Waals surface area contributed by atoms with E-state index >= 15 is 0 Å². The minimum Gasteiger partial charge on any atom is -0.465 e. The zero-order valence-corrected chi connectivity index (χ0v) is 9.34. The van der Waals surface area contributed by atoms with Gasteiger partial charge in [0.05, 0.1) is 24.4 Å². The van der Waals surface area contributed by atoms with Gasteiger partial charge in [0, 0.05) is 0 Å². The van der Waals surface area contributed by atoms with E-state index in [-0.39, 0.29) is 11.3 Å². The Kier molecular flexibility index (Phi) is 4.37. The number of alkyl halides is 2. The Balaban J connectivity index is 2.94. The minimum absolute atomic E-state index is 0.0952. The fourth-order valence-corrected chi connectivity index (χ4v) is 1.19. The van der Waals surface area contributed by atoms with E-state index in [1.54, 1.807) is 0 Å². The molecular weight excluding hydrogens is 235 g/mol. The van der Waals surface area contributed by atoms with Crippen molar-refractivity contribution in [2.75, 3.05) is 12.4 Å². The molecule has 0 aliphatic carbocycles. The van der Waals surface area contributed by atoms with Crippen molar-refractivity contribution in [3.63, 3.8) is 0 Å². The summed E-state index contributed by atoms with van der Waals surface area (Å²) in [6.07, 6.45) is -2.63. The van der Waals surface area contributed by atoms with Crippen LogP contribution in [0.15, 0.2) is 18.2 Å². The number of rotatable bonds is 4. The van der Waals surface area contributed by atoms with E-state index in [0.717, 1.165) is 12.1 Å². The van der Waals surface area contributed by atoms with Crippen LogP contribution >= 0.6 is 0 Å². The SMILES string of the molecule is COC(=O)c1ccc(F)c(NC(C)C(F)F)c1. The Morgan fingerprint density at radius 3 is 2.59 bits per heavy atom. The number of benzene rings is 1. The minimum atomic E-state index is -2.63. The van der Waals surface area contributed by atoms with Crippen LogP contribution in [-0.4, -0.2) is 25.5 Å². The average molecular weight is 247 g/mol. The number of esters is 1. The van der Waals surface area contributed by atoms with Crippen molar-refractivity contribution in [1.29, 1.82) is 0 Å². The molecular formula is C11H12F3NO2. The molecule has 0 saturated heterocycles. The quantitative estimate of drug-likeness (QED) is 0.831. The summed E-state index contributed by atoms with van der Waals surface area (Å²) in [7, 11) is 1.18. The van der Waals surface area contributed by atoms with Gasteiger partial charge in [-0.25, -0.2) is 18.0 Å². The Morgan fingerprint density at radius 2 is 2.06 bits per heavy atom. The highest BCUT2D eigenvalue weighted by Crippen LogP contribution is 2.19. The second kappa shape index (κ2) is 5.56. The smallest absolute Gasteiger partial charge is 0.337 e. The van der Waals surface area contributed by atoms with Crippen molar-refractivity contribution in [2.45, 2.75) is 19.4 Å². The predicted molar refractivity (Wildman–Crippen MR) is 56.8 cm³/mol. The average Bonchev–Trinajstić information content (AvgIpc) is 2.30. The summed E-state index contributed by atoms with van der Waals surface area (Å²) >= 11 is 0. The number of carbonyl (C=O) groups is 1. The van der Waals surface area contributed by atoms with E-state index in [1.165, 1.54) is 20.1 Å². The van der Waals surface area contributed by atoms with Crippen LogP contribution in [0.1, 0.15) is 17.3 Å². The zero-order chi connectivity index (χ0) is 13.0. The van der Waals surface area contributed by atoms with E-state index in [2.05, 4.69) is 10.1 Å². The Bertz CT molecular complexity index is 410. The second-order valence-electron chi connectivity index (χ2n) is 3.45. The molecule has 1 atom stereocenters. The molecule has 17 heavy (non-hydrogen) atoms. The maximum atomic E-state index is 13.3. The Hall–Kier alpha value is -1.72. The summed E-state index contributed by atoms with van der Waals surface area (Å²) in [5.74, 6) is -1.36. The van der Waals surface area contributed by atoms with Crippen LogP contribution < -0.4 is 5.32 Å². The molecule has 0 bridgehead atoms. The number of hydrogen-bond acceptors (Lipinski definition) is 3. The molecule has 0 aromatic heterocycles. The van der Waals surface area contributed by atoms with Crippen molar-refractivity contribution in [1.82, 2.24) is 0 Å². The highest BCUT2D eigenvalue weighted by Gasteiger charge is 2.17. The number of hydrogen-bond donors (Lipinski definition) is 1. The molecule has 0 radical (unpaired) electrons. The first-order valence-electron chi connectivity index (χ1n) is 4.88. The fraction of sp³-hybridized carbons (Fsp3) is 0.364. The van der Waals surface area contributed by atoms with Gasteiger partial charge in [0.1, 0.15) is 5.82 Å². The van der Waals surface area contributed by atoms with Crippen LogP contribution in [0.25, 0.3) is 0 Å². The van der Waals surface area contributed by atoms with Crippen LogP contribution in [0.3, 0.4) is 0 Å². The molecule has 1 unspecified atom stereocenters. The lowest BCUT2D eigenvalue weighted by Gasteiger charge is -2.15. The zero-order valence-electron chi connectivity index (χ0n) is 9.34. The van der Waals surface area contributed by atoms with Crippen molar-refractivity contribution in [2.24, 2.45) is 0 Å². The first-order valence-corrected chi connectivity index (χ1v) is 4.88. The molecule has 1 aromatic rings. The van der Waals surface area contributed by atoms with Crippen LogP contribution in [0, 0.1) is 5.82 Å². The maximum Gasteiger partial charge on any atom is 0.337 e. The third kappa shape index (κ3) is 3.37. The largest absolute Gasteiger partial charge is 0.465 e. The van der Waals surface area contributed by atoms with E-state index in [1.807, 2.05) is 0 Å². The molecule has 94 valence electrons. The van der Waals surface area contributed by atoms with E-state index in [0.29, 0.717) is 0 Å². The fourth-order valence-electron chi connectivity index (χ4n) is 1.19. The molecule has 1 rings (SSSR count). The molecule has 0 aliphatic heterocycles. The first-order chi connectivity index (χ1) is 7.95. The highest BCUT2D eigenvalue weighted by molar-refractivity contribution is 5.90. The van der Waals surface area contributed by atoms with Gasteiger partial charge in [0.15, 0.2) is 0 Å². The lowest BCUT2D eigenvalue weighted by Crippen LogP contribution is -2.24. The van der Waals surface area contributed by atoms with Gasteiger partial charge in [-0.2, -0.15) is 0 Å². The van der Waals surface area contributed by atoms with E-state index in [4.69, 9.17) is 0 Å². The van der Waals surface area contributed by atoms with Crippen LogP contribution in [0.2, 0.25) is 0 Å². The van der Waals surface area contributed by atoms with E-state index in [9.17, 15) is 18.0 Å². The first kappa shape index (κ1) is 13.3. The number of methoxy groups -OCH3 is 1. The molecule has 6 heteroatoms. The molecule has 0 fully saturated rings. The van der Waals surface area contributed by atoms with Crippen LogP contribution in [-0.2, 0) is 4.74 Å². The number of halogens is 3. The number of nitrogens with one attached hydrogen (secondary N) is 1. The standard InChI is InChI=1S/C11H12F3NO2/c1-6(10(13)14)15-9-5-7(11(16)17-2)3-4-8(9)12/h3-6,10,15H,1-2H3. The topological polar surface area (TPSA) is 38.3 Å². The van der Waals surface area contributed by atoms with Crippen molar-refractivity contribution in [3.8, 4) is 0 Å². The Morgan fingerprint density at radius 1 is 1.41 bits per heavy atom. The predicted octanol–water partition coefficient (Wildman–Crippen LogP) is 2.68. The molecule has 0 saturated carbocycles. The normalized spacial score (nSPS) is 12.4. The lowest BCUT2D eigenvalue weighted by molar-refractivity contribution is 0.0600. The summed E-state index contributed by atoms with van der Waals surface area (Å²) in [5, 5.41) is 2.30. The van der Waals surface area contributed by atoms with Crippen molar-refractivity contribution in [3.05, 3.63) is 29.6 Å². The van der Waals surface area contributed by atoms with Crippen LogP contribution in [0.5, 0.6) is 0 Å². The summed E-state index contributed by atoms with van der Waals surface area (Å²) < 4.78 is 42.3. The van der Waals surface area contributed by atoms with Gasteiger partial charge in [-0.3, -0.25) is 0 Å². The molecule has 0 aliphatic rings. The molecule has 0 amide bonds. The number of carbonyl (C=O) groups excluding carboxylic acids is 1. The molecule has 3 nitrogen and oxygen atoms in total. The van der Waals surface area contributed by atoms with Gasteiger partial charge >= 0.3 is 5.97 Å². The summed E-state index contributed by atoms with van der Waals surface area (Å²) in [6, 6.07) is 2.17. The Labute approximate surface area is 96.6 Å². The van der Waals surface area contributed by atoms with E-state index < -0.39 is 24.3 Å². The van der Waals surface area contributed by atoms with Gasteiger partial charge in [-0.05, 0) is 25.1 Å². The van der Waals surface area contributed by atoms with Crippen molar-refractivity contribution >= 4 is 11.7 Å². The molecule has 1 aromatic carbocycles. The van der Waals surface area contributed by atoms with Crippen LogP contribution in [0.4, 0.5) is 18.9 Å². The summed E-state index contributed by atoms with van der Waals surface area (Å²) in [4.78, 5) is 11.2. The number of anilines is 1.